The van der Waals surface area contributed by atoms with Crippen molar-refractivity contribution < 1.29 is 14.0 Å². The van der Waals surface area contributed by atoms with Gasteiger partial charge in [0, 0.05) is 16.8 Å². The summed E-state index contributed by atoms with van der Waals surface area (Å²) >= 11 is 0. The van der Waals surface area contributed by atoms with Gasteiger partial charge in [-0.05, 0) is 37.1 Å². The van der Waals surface area contributed by atoms with Gasteiger partial charge in [-0.2, -0.15) is 0 Å². The van der Waals surface area contributed by atoms with Gasteiger partial charge in [0.15, 0.2) is 11.5 Å². The highest BCUT2D eigenvalue weighted by Crippen LogP contribution is 2.37. The molecule has 0 spiro atoms. The zero-order valence-corrected chi connectivity index (χ0v) is 11.7. The summed E-state index contributed by atoms with van der Waals surface area (Å²) < 4.78 is 13.6. The molecule has 1 amide bonds. The van der Waals surface area contributed by atoms with Crippen molar-refractivity contribution in [1.29, 1.82) is 0 Å². The van der Waals surface area contributed by atoms with Gasteiger partial charge in [-0.3, -0.25) is 9.59 Å². The first-order chi connectivity index (χ1) is 9.88. The lowest BCUT2D eigenvalue weighted by molar-refractivity contribution is -0.125. The molecule has 3 rings (SSSR count). The van der Waals surface area contributed by atoms with E-state index in [-0.39, 0.29) is 5.78 Å². The lowest BCUT2D eigenvalue weighted by Crippen LogP contribution is -2.32. The standard InChI is InChI=1S/C17H14FNO2/c1-17(2,18)16(21)19-10-7-8-12-11-5-3-4-6-13(11)15(20)14(12)9-10/h3-9H,1-2H3,(H,19,21). The number of fused-ring (bicyclic) bond motifs is 3. The van der Waals surface area contributed by atoms with Gasteiger partial charge < -0.3 is 5.32 Å². The predicted octanol–water partition coefficient (Wildman–Crippen LogP) is 3.58. The number of nitrogens with one attached hydrogen (secondary N) is 1. The fourth-order valence-corrected chi connectivity index (χ4v) is 2.39. The Morgan fingerprint density at radius 3 is 2.29 bits per heavy atom. The number of rotatable bonds is 2. The van der Waals surface area contributed by atoms with Crippen LogP contribution in [0.15, 0.2) is 42.5 Å². The first-order valence-electron chi connectivity index (χ1n) is 6.66. The molecule has 0 bridgehead atoms. The lowest BCUT2D eigenvalue weighted by Gasteiger charge is -2.14. The van der Waals surface area contributed by atoms with E-state index >= 15 is 0 Å². The van der Waals surface area contributed by atoms with Crippen molar-refractivity contribution in [1.82, 2.24) is 0 Å². The van der Waals surface area contributed by atoms with E-state index in [1.807, 2.05) is 18.2 Å². The summed E-state index contributed by atoms with van der Waals surface area (Å²) in [6, 6.07) is 12.4. The smallest absolute Gasteiger partial charge is 0.261 e. The van der Waals surface area contributed by atoms with Crippen LogP contribution in [0.4, 0.5) is 10.1 Å². The Morgan fingerprint density at radius 2 is 1.62 bits per heavy atom. The summed E-state index contributed by atoms with van der Waals surface area (Å²) in [6.07, 6.45) is 0. The van der Waals surface area contributed by atoms with Crippen LogP contribution in [0.25, 0.3) is 11.1 Å². The molecule has 1 aliphatic carbocycles. The van der Waals surface area contributed by atoms with E-state index in [0.29, 0.717) is 16.8 Å². The molecule has 0 radical (unpaired) electrons. The summed E-state index contributed by atoms with van der Waals surface area (Å²) in [5.74, 6) is -0.804. The quantitative estimate of drug-likeness (QED) is 0.781. The topological polar surface area (TPSA) is 46.2 Å². The highest BCUT2D eigenvalue weighted by atomic mass is 19.1. The zero-order chi connectivity index (χ0) is 15.2. The minimum atomic E-state index is -1.97. The summed E-state index contributed by atoms with van der Waals surface area (Å²) in [4.78, 5) is 24.0. The van der Waals surface area contributed by atoms with Crippen LogP contribution in [0.1, 0.15) is 29.8 Å². The maximum atomic E-state index is 13.6. The maximum Gasteiger partial charge on any atom is 0.261 e. The molecule has 21 heavy (non-hydrogen) atoms. The van der Waals surface area contributed by atoms with Gasteiger partial charge in [0.05, 0.1) is 0 Å². The van der Waals surface area contributed by atoms with E-state index in [9.17, 15) is 14.0 Å². The predicted molar refractivity (Wildman–Crippen MR) is 79.1 cm³/mol. The average molecular weight is 283 g/mol. The monoisotopic (exact) mass is 283 g/mol. The molecule has 0 saturated heterocycles. The molecule has 0 fully saturated rings. The van der Waals surface area contributed by atoms with E-state index in [1.165, 1.54) is 13.8 Å². The van der Waals surface area contributed by atoms with Crippen LogP contribution < -0.4 is 5.32 Å². The van der Waals surface area contributed by atoms with Crippen LogP contribution in [0.3, 0.4) is 0 Å². The molecule has 106 valence electrons. The van der Waals surface area contributed by atoms with Crippen molar-refractivity contribution in [2.24, 2.45) is 0 Å². The van der Waals surface area contributed by atoms with Gasteiger partial charge >= 0.3 is 0 Å². The lowest BCUT2D eigenvalue weighted by atomic mass is 10.1. The number of ketones is 1. The third-order valence-corrected chi connectivity index (χ3v) is 3.52. The molecule has 0 heterocycles. The SMILES string of the molecule is CC(C)(F)C(=O)Nc1ccc2c(c1)C(=O)c1ccccc1-2. The number of halogens is 1. The van der Waals surface area contributed by atoms with Gasteiger partial charge in [0.2, 0.25) is 0 Å². The molecule has 2 aromatic carbocycles. The second-order valence-electron chi connectivity index (χ2n) is 5.56. The van der Waals surface area contributed by atoms with E-state index in [2.05, 4.69) is 5.32 Å². The second kappa shape index (κ2) is 4.52. The molecule has 1 aliphatic rings. The summed E-state index contributed by atoms with van der Waals surface area (Å²) in [5.41, 5.74) is 1.37. The van der Waals surface area contributed by atoms with Crippen LogP contribution in [0, 0.1) is 0 Å². The number of amides is 1. The highest BCUT2D eigenvalue weighted by Gasteiger charge is 2.29. The van der Waals surface area contributed by atoms with Gasteiger partial charge in [-0.1, -0.05) is 30.3 Å². The first kappa shape index (κ1) is 13.5. The van der Waals surface area contributed by atoms with Gasteiger partial charge in [0.25, 0.3) is 5.91 Å². The molecule has 4 heteroatoms. The van der Waals surface area contributed by atoms with Gasteiger partial charge in [-0.15, -0.1) is 0 Å². The van der Waals surface area contributed by atoms with E-state index in [0.717, 1.165) is 11.1 Å². The minimum Gasteiger partial charge on any atom is -0.323 e. The third-order valence-electron chi connectivity index (χ3n) is 3.52. The molecule has 0 unspecified atom stereocenters. The number of carbonyl (C=O) groups is 2. The first-order valence-corrected chi connectivity index (χ1v) is 6.66. The fraction of sp³-hybridized carbons (Fsp3) is 0.176. The molecule has 0 aromatic heterocycles. The van der Waals surface area contributed by atoms with Crippen LogP contribution >= 0.6 is 0 Å². The zero-order valence-electron chi connectivity index (χ0n) is 11.7. The number of alkyl halides is 1. The Bertz CT molecular complexity index is 760. The Balaban J connectivity index is 1.98. The van der Waals surface area contributed by atoms with E-state index < -0.39 is 11.6 Å². The minimum absolute atomic E-state index is 0.0730. The maximum absolute atomic E-state index is 13.6. The van der Waals surface area contributed by atoms with Crippen LogP contribution in [-0.2, 0) is 4.79 Å². The van der Waals surface area contributed by atoms with Gasteiger partial charge in [0.1, 0.15) is 0 Å². The number of hydrogen-bond donors (Lipinski definition) is 1. The molecule has 1 N–H and O–H groups in total. The summed E-state index contributed by atoms with van der Waals surface area (Å²) in [7, 11) is 0. The van der Waals surface area contributed by atoms with Crippen molar-refractivity contribution in [3.05, 3.63) is 53.6 Å². The van der Waals surface area contributed by atoms with Crippen molar-refractivity contribution in [3.63, 3.8) is 0 Å². The molecule has 2 aromatic rings. The van der Waals surface area contributed by atoms with Crippen molar-refractivity contribution in [3.8, 4) is 11.1 Å². The Hall–Kier alpha value is -2.49. The van der Waals surface area contributed by atoms with E-state index in [4.69, 9.17) is 0 Å². The van der Waals surface area contributed by atoms with Crippen LogP contribution in [0.2, 0.25) is 0 Å². The molecule has 0 aliphatic heterocycles. The largest absolute Gasteiger partial charge is 0.323 e. The fourth-order valence-electron chi connectivity index (χ4n) is 2.39. The summed E-state index contributed by atoms with van der Waals surface area (Å²) in [5, 5.41) is 2.49. The third kappa shape index (κ3) is 2.23. The number of anilines is 1. The van der Waals surface area contributed by atoms with Gasteiger partial charge in [-0.25, -0.2) is 4.39 Å². The normalized spacial score (nSPS) is 12.8. The van der Waals surface area contributed by atoms with E-state index in [1.54, 1.807) is 24.3 Å². The average Bonchev–Trinajstić information content (AvgIpc) is 2.72. The Kier molecular flexibility index (Phi) is 2.90. The number of benzene rings is 2. The van der Waals surface area contributed by atoms with Crippen molar-refractivity contribution in [2.75, 3.05) is 5.32 Å². The van der Waals surface area contributed by atoms with Crippen molar-refractivity contribution in [2.45, 2.75) is 19.5 Å². The Labute approximate surface area is 121 Å². The van der Waals surface area contributed by atoms with Crippen LogP contribution in [0.5, 0.6) is 0 Å². The molecular formula is C17H14FNO2. The number of carbonyl (C=O) groups excluding carboxylic acids is 2. The summed E-state index contributed by atoms with van der Waals surface area (Å²) in [6.45, 7) is 2.38. The molecule has 0 saturated carbocycles. The Morgan fingerprint density at radius 1 is 1.00 bits per heavy atom. The molecule has 0 atom stereocenters. The highest BCUT2D eigenvalue weighted by molar-refractivity contribution is 6.22. The number of hydrogen-bond acceptors (Lipinski definition) is 2. The molecule has 3 nitrogen and oxygen atoms in total. The van der Waals surface area contributed by atoms with Crippen LogP contribution in [-0.4, -0.2) is 17.4 Å². The van der Waals surface area contributed by atoms with Crippen molar-refractivity contribution >= 4 is 17.4 Å². The molecular weight excluding hydrogens is 269 g/mol. The second-order valence-corrected chi connectivity index (χ2v) is 5.56.